The lowest BCUT2D eigenvalue weighted by molar-refractivity contribution is -0.116. The van der Waals surface area contributed by atoms with Gasteiger partial charge in [0, 0.05) is 44.8 Å². The first kappa shape index (κ1) is 16.4. The van der Waals surface area contributed by atoms with Crippen LogP contribution < -0.4 is 5.73 Å². The zero-order valence-electron chi connectivity index (χ0n) is 11.8. The van der Waals surface area contributed by atoms with Gasteiger partial charge in [0.25, 0.3) is 0 Å². The lowest BCUT2D eigenvalue weighted by Crippen LogP contribution is -2.40. The molecule has 0 saturated carbocycles. The van der Waals surface area contributed by atoms with Gasteiger partial charge in [0.2, 0.25) is 0 Å². The molecule has 2 N–H and O–H groups in total. The molecule has 19 heavy (non-hydrogen) atoms. The largest absolute Gasteiger partial charge is 0.356 e. The van der Waals surface area contributed by atoms with Gasteiger partial charge >= 0.3 is 0 Å². The molecule has 0 heterocycles. The summed E-state index contributed by atoms with van der Waals surface area (Å²) in [5, 5.41) is 0.778. The van der Waals surface area contributed by atoms with Gasteiger partial charge in [-0.3, -0.25) is 4.90 Å². The van der Waals surface area contributed by atoms with Crippen LogP contribution in [0.4, 0.5) is 0 Å². The summed E-state index contributed by atoms with van der Waals surface area (Å²) >= 11 is 6.17. The molecule has 0 spiro atoms. The lowest BCUT2D eigenvalue weighted by atomic mass is 10.1. The zero-order chi connectivity index (χ0) is 14.3. The Bertz CT molecular complexity index is 372. The highest BCUT2D eigenvalue weighted by Crippen LogP contribution is 2.18. The predicted molar refractivity (Wildman–Crippen MR) is 78.2 cm³/mol. The molecule has 0 aliphatic rings. The third-order valence-electron chi connectivity index (χ3n) is 3.26. The second-order valence-corrected chi connectivity index (χ2v) is 4.94. The average molecular weight is 287 g/mol. The van der Waals surface area contributed by atoms with Crippen LogP contribution in [0.3, 0.4) is 0 Å². The number of nitrogens with zero attached hydrogens (tertiary/aromatic N) is 1. The maximum absolute atomic E-state index is 6.17. The highest BCUT2D eigenvalue weighted by atomic mass is 35.5. The van der Waals surface area contributed by atoms with E-state index >= 15 is 0 Å². The van der Waals surface area contributed by atoms with E-state index in [1.807, 2.05) is 31.3 Å². The third kappa shape index (κ3) is 5.09. The Hall–Kier alpha value is -0.650. The maximum Gasteiger partial charge on any atom is 0.158 e. The van der Waals surface area contributed by atoms with Crippen molar-refractivity contribution >= 4 is 11.6 Å². The number of hydrogen-bond donors (Lipinski definition) is 1. The van der Waals surface area contributed by atoms with Gasteiger partial charge in [-0.25, -0.2) is 0 Å². The number of hydrogen-bond acceptors (Lipinski definition) is 4. The van der Waals surface area contributed by atoms with Gasteiger partial charge < -0.3 is 15.2 Å². The van der Waals surface area contributed by atoms with Crippen LogP contribution in [-0.4, -0.2) is 45.0 Å². The summed E-state index contributed by atoms with van der Waals surface area (Å²) < 4.78 is 10.5. The van der Waals surface area contributed by atoms with Gasteiger partial charge in [-0.15, -0.1) is 0 Å². The Labute approximate surface area is 120 Å². The summed E-state index contributed by atoms with van der Waals surface area (Å²) in [6.45, 7) is 1.30. The second-order valence-electron chi connectivity index (χ2n) is 4.53. The monoisotopic (exact) mass is 286 g/mol. The molecule has 1 aromatic carbocycles. The van der Waals surface area contributed by atoms with Crippen LogP contribution in [0.5, 0.6) is 0 Å². The van der Waals surface area contributed by atoms with E-state index in [0.29, 0.717) is 6.54 Å². The molecule has 0 saturated heterocycles. The molecule has 1 atom stereocenters. The number of ether oxygens (including phenoxy) is 2. The van der Waals surface area contributed by atoms with Crippen molar-refractivity contribution < 1.29 is 9.47 Å². The van der Waals surface area contributed by atoms with Crippen molar-refractivity contribution in [1.82, 2.24) is 4.90 Å². The first-order valence-corrected chi connectivity index (χ1v) is 6.69. The fourth-order valence-electron chi connectivity index (χ4n) is 1.99. The van der Waals surface area contributed by atoms with Gasteiger partial charge in [-0.1, -0.05) is 29.8 Å². The van der Waals surface area contributed by atoms with Crippen LogP contribution >= 0.6 is 11.6 Å². The quantitative estimate of drug-likeness (QED) is 0.744. The van der Waals surface area contributed by atoms with Crippen molar-refractivity contribution in [1.29, 1.82) is 0 Å². The fourth-order valence-corrected chi connectivity index (χ4v) is 2.19. The van der Waals surface area contributed by atoms with Crippen LogP contribution in [-0.2, 0) is 16.0 Å². The standard InChI is InChI=1S/C14H23ClN2O2/c1-17(10-11-6-4-5-7-13(11)15)12(9-16)8-14(18-2)19-3/h4-7,12,14H,8-10,16H2,1-3H3. The summed E-state index contributed by atoms with van der Waals surface area (Å²) in [5.74, 6) is 0. The van der Waals surface area contributed by atoms with Crippen molar-refractivity contribution in [3.8, 4) is 0 Å². The van der Waals surface area contributed by atoms with Crippen molar-refractivity contribution in [2.24, 2.45) is 5.73 Å². The van der Waals surface area contributed by atoms with Gasteiger partial charge in [0.1, 0.15) is 0 Å². The van der Waals surface area contributed by atoms with Crippen molar-refractivity contribution in [3.63, 3.8) is 0 Å². The molecule has 1 rings (SSSR count). The van der Waals surface area contributed by atoms with Gasteiger partial charge in [0.05, 0.1) is 0 Å². The number of rotatable bonds is 8. The van der Waals surface area contributed by atoms with E-state index in [9.17, 15) is 0 Å². The summed E-state index contributed by atoms with van der Waals surface area (Å²) in [5.41, 5.74) is 6.93. The average Bonchev–Trinajstić information content (AvgIpc) is 2.42. The first-order valence-electron chi connectivity index (χ1n) is 6.31. The van der Waals surface area contributed by atoms with Crippen LogP contribution in [0.1, 0.15) is 12.0 Å². The van der Waals surface area contributed by atoms with Crippen molar-refractivity contribution in [3.05, 3.63) is 34.9 Å². The Morgan fingerprint density at radius 1 is 1.26 bits per heavy atom. The second kappa shape index (κ2) is 8.51. The first-order chi connectivity index (χ1) is 9.12. The summed E-state index contributed by atoms with van der Waals surface area (Å²) in [6, 6.07) is 8.02. The number of likely N-dealkylation sites (N-methyl/N-ethyl adjacent to an activating group) is 1. The minimum absolute atomic E-state index is 0.182. The number of nitrogens with two attached hydrogens (primary N) is 1. The van der Waals surface area contributed by atoms with Crippen molar-refractivity contribution in [2.45, 2.75) is 25.3 Å². The van der Waals surface area contributed by atoms with E-state index < -0.39 is 0 Å². The maximum atomic E-state index is 6.17. The van der Waals surface area contributed by atoms with E-state index in [-0.39, 0.29) is 12.3 Å². The minimum atomic E-state index is -0.234. The van der Waals surface area contributed by atoms with Crippen LogP contribution in [0.25, 0.3) is 0 Å². The molecule has 1 aromatic rings. The smallest absolute Gasteiger partial charge is 0.158 e. The van der Waals surface area contributed by atoms with E-state index in [4.69, 9.17) is 26.8 Å². The molecule has 0 amide bonds. The molecule has 0 fully saturated rings. The van der Waals surface area contributed by atoms with E-state index in [2.05, 4.69) is 4.90 Å². The Kier molecular flexibility index (Phi) is 7.34. The van der Waals surface area contributed by atoms with Gasteiger partial charge in [-0.05, 0) is 18.7 Å². The third-order valence-corrected chi connectivity index (χ3v) is 3.63. The van der Waals surface area contributed by atoms with Crippen LogP contribution in [0.15, 0.2) is 24.3 Å². The predicted octanol–water partition coefficient (Wildman–Crippen LogP) is 2.11. The molecule has 0 radical (unpaired) electrons. The fraction of sp³-hybridized carbons (Fsp3) is 0.571. The summed E-state index contributed by atoms with van der Waals surface area (Å²) in [6.07, 6.45) is 0.493. The molecule has 0 aliphatic carbocycles. The molecule has 0 aromatic heterocycles. The normalized spacial score (nSPS) is 13.2. The highest BCUT2D eigenvalue weighted by molar-refractivity contribution is 6.31. The highest BCUT2D eigenvalue weighted by Gasteiger charge is 2.19. The summed E-state index contributed by atoms with van der Waals surface area (Å²) in [7, 11) is 5.30. The summed E-state index contributed by atoms with van der Waals surface area (Å²) in [4.78, 5) is 2.17. The van der Waals surface area contributed by atoms with Crippen LogP contribution in [0, 0.1) is 0 Å². The lowest BCUT2D eigenvalue weighted by Gasteiger charge is -2.29. The molecule has 4 nitrogen and oxygen atoms in total. The molecule has 0 aliphatic heterocycles. The van der Waals surface area contributed by atoms with Crippen LogP contribution in [0.2, 0.25) is 5.02 Å². The van der Waals surface area contributed by atoms with Gasteiger partial charge in [0.15, 0.2) is 6.29 Å². The van der Waals surface area contributed by atoms with E-state index in [1.165, 1.54) is 0 Å². The van der Waals surface area contributed by atoms with E-state index in [0.717, 1.165) is 23.6 Å². The van der Waals surface area contributed by atoms with E-state index in [1.54, 1.807) is 14.2 Å². The Morgan fingerprint density at radius 2 is 1.89 bits per heavy atom. The SMILES string of the molecule is COC(CC(CN)N(C)Cc1ccccc1Cl)OC. The Balaban J connectivity index is 2.63. The minimum Gasteiger partial charge on any atom is -0.356 e. The number of methoxy groups -OCH3 is 2. The van der Waals surface area contributed by atoms with Crippen molar-refractivity contribution in [2.75, 3.05) is 27.8 Å². The Morgan fingerprint density at radius 3 is 2.42 bits per heavy atom. The molecular weight excluding hydrogens is 264 g/mol. The molecule has 108 valence electrons. The van der Waals surface area contributed by atoms with Gasteiger partial charge in [-0.2, -0.15) is 0 Å². The number of benzene rings is 1. The molecule has 0 bridgehead atoms. The molecular formula is C14H23ClN2O2. The topological polar surface area (TPSA) is 47.7 Å². The molecule has 1 unspecified atom stereocenters. The zero-order valence-corrected chi connectivity index (χ0v) is 12.6. The number of halogens is 1. The molecule has 5 heteroatoms.